The summed E-state index contributed by atoms with van der Waals surface area (Å²) in [5, 5.41) is 2.10. The first-order chi connectivity index (χ1) is 9.70. The maximum Gasteiger partial charge on any atom is 0.0763 e. The van der Waals surface area contributed by atoms with Crippen LogP contribution in [0.15, 0.2) is 52.8 Å². The molecule has 1 unspecified atom stereocenters. The zero-order chi connectivity index (χ0) is 14.4. The van der Waals surface area contributed by atoms with E-state index in [9.17, 15) is 0 Å². The summed E-state index contributed by atoms with van der Waals surface area (Å²) in [4.78, 5) is 6.13. The van der Waals surface area contributed by atoms with Crippen molar-refractivity contribution in [2.45, 2.75) is 32.4 Å². The molecule has 2 atom stereocenters. The Bertz CT molecular complexity index is 533. The van der Waals surface area contributed by atoms with Gasteiger partial charge < -0.3 is 4.74 Å². The summed E-state index contributed by atoms with van der Waals surface area (Å²) in [7, 11) is 1.73. The zero-order valence-electron chi connectivity index (χ0n) is 12.2. The topological polar surface area (TPSA) is 21.6 Å². The van der Waals surface area contributed by atoms with Gasteiger partial charge in [-0.15, -0.1) is 11.3 Å². The van der Waals surface area contributed by atoms with Crippen molar-refractivity contribution in [3.05, 3.63) is 58.3 Å². The van der Waals surface area contributed by atoms with Crippen LogP contribution in [0.2, 0.25) is 0 Å². The molecule has 106 valence electrons. The Balaban J connectivity index is 2.24. The van der Waals surface area contributed by atoms with Gasteiger partial charge >= 0.3 is 0 Å². The molecule has 0 aliphatic heterocycles. The monoisotopic (exact) mass is 287 g/mol. The van der Waals surface area contributed by atoms with Crippen LogP contribution < -0.4 is 0 Å². The Morgan fingerprint density at radius 2 is 1.90 bits per heavy atom. The van der Waals surface area contributed by atoms with Crippen molar-refractivity contribution in [2.24, 2.45) is 4.99 Å². The van der Waals surface area contributed by atoms with Gasteiger partial charge in [-0.25, -0.2) is 0 Å². The first-order valence-electron chi connectivity index (χ1n) is 6.88. The fourth-order valence-corrected chi connectivity index (χ4v) is 2.70. The minimum Gasteiger partial charge on any atom is -0.380 e. The maximum absolute atomic E-state index is 5.38. The Labute approximate surface area is 125 Å². The third kappa shape index (κ3) is 4.02. The smallest absolute Gasteiger partial charge is 0.0763 e. The van der Waals surface area contributed by atoms with Crippen LogP contribution in [0, 0.1) is 0 Å². The fraction of sp³-hybridized carbons (Fsp3) is 0.353. The van der Waals surface area contributed by atoms with E-state index in [1.165, 1.54) is 10.4 Å². The van der Waals surface area contributed by atoms with E-state index in [2.05, 4.69) is 55.6 Å². The van der Waals surface area contributed by atoms with Crippen LogP contribution in [-0.2, 0) is 11.2 Å². The van der Waals surface area contributed by atoms with E-state index < -0.39 is 0 Å². The van der Waals surface area contributed by atoms with Gasteiger partial charge in [0.15, 0.2) is 0 Å². The molecule has 0 aliphatic carbocycles. The second-order valence-electron chi connectivity index (χ2n) is 4.90. The van der Waals surface area contributed by atoms with E-state index in [-0.39, 0.29) is 12.1 Å². The predicted octanol–water partition coefficient (Wildman–Crippen LogP) is 4.20. The fourth-order valence-electron chi connectivity index (χ4n) is 1.98. The van der Waals surface area contributed by atoms with Crippen LogP contribution in [0.1, 0.15) is 24.3 Å². The summed E-state index contributed by atoms with van der Waals surface area (Å²) >= 11 is 1.74. The normalized spacial score (nSPS) is 15.1. The molecule has 0 aliphatic rings. The lowest BCUT2D eigenvalue weighted by molar-refractivity contribution is 0.101. The van der Waals surface area contributed by atoms with E-state index in [1.54, 1.807) is 18.4 Å². The summed E-state index contributed by atoms with van der Waals surface area (Å²) in [6.45, 7) is 4.16. The number of ether oxygens (including phenoxy) is 1. The third-order valence-electron chi connectivity index (χ3n) is 3.43. The second-order valence-corrected chi connectivity index (χ2v) is 5.84. The average molecular weight is 287 g/mol. The van der Waals surface area contributed by atoms with Crippen molar-refractivity contribution in [1.29, 1.82) is 0 Å². The van der Waals surface area contributed by atoms with Gasteiger partial charge in [-0.05, 0) is 30.9 Å². The summed E-state index contributed by atoms with van der Waals surface area (Å²) in [5.74, 6) is 0. The van der Waals surface area contributed by atoms with Gasteiger partial charge in [-0.2, -0.15) is 0 Å². The molecule has 0 bridgehead atoms. The minimum atomic E-state index is 0.126. The molecule has 0 spiro atoms. The third-order valence-corrected chi connectivity index (χ3v) is 4.35. The number of hydrogen-bond donors (Lipinski definition) is 0. The molecule has 0 fully saturated rings. The van der Waals surface area contributed by atoms with Crippen LogP contribution in [0.4, 0.5) is 0 Å². The molecule has 0 radical (unpaired) electrons. The van der Waals surface area contributed by atoms with Gasteiger partial charge in [0.05, 0.1) is 17.9 Å². The number of benzene rings is 1. The Morgan fingerprint density at radius 1 is 1.15 bits per heavy atom. The molecule has 20 heavy (non-hydrogen) atoms. The van der Waals surface area contributed by atoms with Gasteiger partial charge in [0.25, 0.3) is 0 Å². The molecule has 0 saturated carbocycles. The molecule has 3 heteroatoms. The van der Waals surface area contributed by atoms with E-state index in [4.69, 9.17) is 9.73 Å². The predicted molar refractivity (Wildman–Crippen MR) is 86.9 cm³/mol. The highest BCUT2D eigenvalue weighted by molar-refractivity contribution is 7.12. The molecular weight excluding hydrogens is 266 g/mol. The number of rotatable bonds is 6. The number of nitrogens with zero attached hydrogens (tertiary/aromatic N) is 1. The van der Waals surface area contributed by atoms with Gasteiger partial charge in [-0.3, -0.25) is 4.99 Å². The average Bonchev–Trinajstić information content (AvgIpc) is 3.01. The van der Waals surface area contributed by atoms with E-state index in [0.717, 1.165) is 12.1 Å². The first-order valence-corrected chi connectivity index (χ1v) is 7.76. The number of methoxy groups -OCH3 is 1. The lowest BCUT2D eigenvalue weighted by Crippen LogP contribution is -2.22. The van der Waals surface area contributed by atoms with Crippen LogP contribution >= 0.6 is 11.3 Å². The quantitative estimate of drug-likeness (QED) is 0.730. The highest BCUT2D eigenvalue weighted by Crippen LogP contribution is 2.16. The molecule has 0 N–H and O–H groups in total. The van der Waals surface area contributed by atoms with Gasteiger partial charge in [-0.1, -0.05) is 36.4 Å². The van der Waals surface area contributed by atoms with Crippen LogP contribution in [0.3, 0.4) is 0 Å². The highest BCUT2D eigenvalue weighted by atomic mass is 32.1. The van der Waals surface area contributed by atoms with Crippen molar-refractivity contribution >= 4 is 17.0 Å². The molecule has 2 rings (SSSR count). The molecule has 0 saturated heterocycles. The Morgan fingerprint density at radius 3 is 2.50 bits per heavy atom. The van der Waals surface area contributed by atoms with Crippen LogP contribution in [0.5, 0.6) is 0 Å². The van der Waals surface area contributed by atoms with Crippen LogP contribution in [0.25, 0.3) is 0 Å². The molecule has 2 nitrogen and oxygen atoms in total. The Hall–Kier alpha value is -1.45. The molecule has 2 aromatic rings. The van der Waals surface area contributed by atoms with Crippen molar-refractivity contribution in [1.82, 2.24) is 0 Å². The minimum absolute atomic E-state index is 0.126. The van der Waals surface area contributed by atoms with Crippen molar-refractivity contribution in [2.75, 3.05) is 7.11 Å². The highest BCUT2D eigenvalue weighted by Gasteiger charge is 2.13. The zero-order valence-corrected chi connectivity index (χ0v) is 13.1. The number of hydrogen-bond acceptors (Lipinski definition) is 3. The molecular formula is C17H21NOS. The number of thiophene rings is 1. The largest absolute Gasteiger partial charge is 0.380 e. The molecule has 1 aromatic heterocycles. The lowest BCUT2D eigenvalue weighted by atomic mass is 10.1. The van der Waals surface area contributed by atoms with Gasteiger partial charge in [0, 0.05) is 18.4 Å². The number of aliphatic imine (C=N–C) groups is 1. The maximum atomic E-state index is 5.38. The first kappa shape index (κ1) is 14.9. The van der Waals surface area contributed by atoms with Crippen molar-refractivity contribution < 1.29 is 4.74 Å². The standard InChI is InChI=1S/C17H21NOS/c1-13(14(2)19-3)18-16(17-10-7-11-20-17)12-15-8-5-4-6-9-15/h4-11,13-14H,12H2,1-3H3/t13?,14-/m1/s1. The molecule has 0 amide bonds. The second kappa shape index (κ2) is 7.36. The summed E-state index contributed by atoms with van der Waals surface area (Å²) < 4.78 is 5.38. The SMILES string of the molecule is CO[C@H](C)C(C)N=C(Cc1ccccc1)c1cccs1. The van der Waals surface area contributed by atoms with E-state index >= 15 is 0 Å². The summed E-state index contributed by atoms with van der Waals surface area (Å²) in [6.07, 6.45) is 0.989. The van der Waals surface area contributed by atoms with E-state index in [1.807, 2.05) is 6.07 Å². The summed E-state index contributed by atoms with van der Waals surface area (Å²) in [6, 6.07) is 14.8. The lowest BCUT2D eigenvalue weighted by Gasteiger charge is -2.16. The molecule has 1 aromatic carbocycles. The van der Waals surface area contributed by atoms with Gasteiger partial charge in [0.1, 0.15) is 0 Å². The van der Waals surface area contributed by atoms with Crippen molar-refractivity contribution in [3.8, 4) is 0 Å². The Kier molecular flexibility index (Phi) is 5.50. The molecule has 1 heterocycles. The van der Waals surface area contributed by atoms with Crippen molar-refractivity contribution in [3.63, 3.8) is 0 Å². The van der Waals surface area contributed by atoms with Crippen LogP contribution in [-0.4, -0.2) is 25.0 Å². The van der Waals surface area contributed by atoms with Gasteiger partial charge in [0.2, 0.25) is 0 Å². The summed E-state index contributed by atoms with van der Waals surface area (Å²) in [5.41, 5.74) is 2.43. The van der Waals surface area contributed by atoms with E-state index in [0.29, 0.717) is 0 Å².